The zero-order valence-electron chi connectivity index (χ0n) is 12.3. The molecule has 24 heavy (non-hydrogen) atoms. The van der Waals surface area contributed by atoms with Gasteiger partial charge in [0.15, 0.2) is 6.23 Å². The molecule has 8 heteroatoms. The molecule has 0 aromatic heterocycles. The van der Waals surface area contributed by atoms with Crippen LogP contribution in [0.25, 0.3) is 0 Å². The van der Waals surface area contributed by atoms with Crippen molar-refractivity contribution in [2.75, 3.05) is 5.32 Å². The number of carbonyl (C=O) groups is 1. The highest BCUT2D eigenvalue weighted by atomic mass is 19.4. The van der Waals surface area contributed by atoms with Gasteiger partial charge in [-0.25, -0.2) is 0 Å². The zero-order chi connectivity index (χ0) is 17.6. The number of para-hydroxylation sites is 1. The number of ether oxygens (including phenoxy) is 2. The van der Waals surface area contributed by atoms with E-state index in [9.17, 15) is 18.0 Å². The minimum absolute atomic E-state index is 0.338. The lowest BCUT2D eigenvalue weighted by molar-refractivity contribution is -0.274. The normalized spacial score (nSPS) is 12.3. The Hall–Kier alpha value is -2.90. The fourth-order valence-corrected chi connectivity index (χ4v) is 1.88. The SMILES string of the molecule is O=C(O)CC(Nc1ccc(OC(F)(F)F)cc1)Oc1ccccc1. The van der Waals surface area contributed by atoms with Gasteiger partial charge < -0.3 is 19.9 Å². The van der Waals surface area contributed by atoms with Gasteiger partial charge in [0.05, 0.1) is 0 Å². The average molecular weight is 341 g/mol. The number of halogens is 3. The molecule has 0 amide bonds. The number of rotatable bonds is 7. The Labute approximate surface area is 135 Å². The third-order valence-electron chi connectivity index (χ3n) is 2.80. The van der Waals surface area contributed by atoms with Crippen molar-refractivity contribution in [3.8, 4) is 11.5 Å². The van der Waals surface area contributed by atoms with Crippen molar-refractivity contribution in [2.24, 2.45) is 0 Å². The topological polar surface area (TPSA) is 67.8 Å². The van der Waals surface area contributed by atoms with Crippen molar-refractivity contribution in [1.82, 2.24) is 0 Å². The number of carboxylic acids is 1. The molecule has 2 aromatic rings. The molecule has 0 bridgehead atoms. The number of aliphatic carboxylic acids is 1. The van der Waals surface area contributed by atoms with E-state index in [1.54, 1.807) is 30.3 Å². The summed E-state index contributed by atoms with van der Waals surface area (Å²) in [5.41, 5.74) is 0.395. The monoisotopic (exact) mass is 341 g/mol. The summed E-state index contributed by atoms with van der Waals surface area (Å²) in [6.45, 7) is 0. The minimum Gasteiger partial charge on any atom is -0.481 e. The second-order valence-corrected chi connectivity index (χ2v) is 4.73. The van der Waals surface area contributed by atoms with E-state index >= 15 is 0 Å². The summed E-state index contributed by atoms with van der Waals surface area (Å²) < 4.78 is 45.6. The quantitative estimate of drug-likeness (QED) is 0.748. The van der Waals surface area contributed by atoms with Crippen molar-refractivity contribution in [2.45, 2.75) is 19.0 Å². The summed E-state index contributed by atoms with van der Waals surface area (Å²) in [5.74, 6) is -0.986. The van der Waals surface area contributed by atoms with Gasteiger partial charge >= 0.3 is 12.3 Å². The van der Waals surface area contributed by atoms with Crippen LogP contribution in [0.15, 0.2) is 54.6 Å². The summed E-state index contributed by atoms with van der Waals surface area (Å²) in [6.07, 6.45) is -5.99. The highest BCUT2D eigenvalue weighted by Gasteiger charge is 2.31. The number of benzene rings is 2. The second-order valence-electron chi connectivity index (χ2n) is 4.73. The highest BCUT2D eigenvalue weighted by molar-refractivity contribution is 5.68. The molecule has 0 aliphatic heterocycles. The maximum Gasteiger partial charge on any atom is 0.573 e. The molecule has 0 radical (unpaired) electrons. The van der Waals surface area contributed by atoms with Crippen LogP contribution >= 0.6 is 0 Å². The van der Waals surface area contributed by atoms with E-state index in [1.165, 1.54) is 12.1 Å². The number of carboxylic acid groups (broad SMARTS) is 1. The molecule has 0 aliphatic rings. The van der Waals surface area contributed by atoms with Crippen molar-refractivity contribution in [1.29, 1.82) is 0 Å². The minimum atomic E-state index is -4.77. The van der Waals surface area contributed by atoms with E-state index in [0.29, 0.717) is 11.4 Å². The number of alkyl halides is 3. The molecule has 2 N–H and O–H groups in total. The molecule has 1 atom stereocenters. The first-order chi connectivity index (χ1) is 11.3. The summed E-state index contributed by atoms with van der Waals surface area (Å²) in [5, 5.41) is 11.8. The molecule has 0 saturated carbocycles. The van der Waals surface area contributed by atoms with E-state index in [-0.39, 0.29) is 12.2 Å². The lowest BCUT2D eigenvalue weighted by Crippen LogP contribution is -2.29. The second kappa shape index (κ2) is 7.58. The Kier molecular flexibility index (Phi) is 5.51. The standard InChI is InChI=1S/C16H14F3NO4/c17-16(18,19)24-13-8-6-11(7-9-13)20-14(10-15(21)22)23-12-4-2-1-3-5-12/h1-9,14,20H,10H2,(H,21,22). The maximum absolute atomic E-state index is 12.1. The van der Waals surface area contributed by atoms with Crippen LogP contribution in [0.5, 0.6) is 11.5 Å². The lowest BCUT2D eigenvalue weighted by atomic mass is 10.2. The average Bonchev–Trinajstić information content (AvgIpc) is 2.48. The summed E-state index contributed by atoms with van der Waals surface area (Å²) in [6, 6.07) is 13.5. The lowest BCUT2D eigenvalue weighted by Gasteiger charge is -2.20. The first-order valence-corrected chi connectivity index (χ1v) is 6.88. The molecule has 2 aromatic carbocycles. The van der Waals surface area contributed by atoms with Crippen LogP contribution in [0, 0.1) is 0 Å². The molecule has 0 spiro atoms. The molecule has 0 aliphatic carbocycles. The van der Waals surface area contributed by atoms with Gasteiger partial charge in [0.25, 0.3) is 0 Å². The van der Waals surface area contributed by atoms with E-state index in [2.05, 4.69) is 10.1 Å². The van der Waals surface area contributed by atoms with Crippen LogP contribution in [0.2, 0.25) is 0 Å². The fourth-order valence-electron chi connectivity index (χ4n) is 1.88. The van der Waals surface area contributed by atoms with Crippen molar-refractivity contribution in [3.63, 3.8) is 0 Å². The van der Waals surface area contributed by atoms with E-state index in [4.69, 9.17) is 9.84 Å². The summed E-state index contributed by atoms with van der Waals surface area (Å²) >= 11 is 0. The molecule has 0 heterocycles. The number of nitrogens with one attached hydrogen (secondary N) is 1. The number of hydrogen-bond donors (Lipinski definition) is 2. The smallest absolute Gasteiger partial charge is 0.481 e. The Morgan fingerprint density at radius 1 is 1.04 bits per heavy atom. The van der Waals surface area contributed by atoms with E-state index < -0.39 is 18.6 Å². The van der Waals surface area contributed by atoms with Crippen LogP contribution in [0.3, 0.4) is 0 Å². The Morgan fingerprint density at radius 3 is 2.21 bits per heavy atom. The van der Waals surface area contributed by atoms with Gasteiger partial charge in [-0.15, -0.1) is 13.2 Å². The molecule has 0 saturated heterocycles. The van der Waals surface area contributed by atoms with Crippen LogP contribution in [-0.2, 0) is 4.79 Å². The van der Waals surface area contributed by atoms with Crippen LogP contribution in [0.1, 0.15) is 6.42 Å². The van der Waals surface area contributed by atoms with E-state index in [1.807, 2.05) is 0 Å². The van der Waals surface area contributed by atoms with Crippen molar-refractivity contribution < 1.29 is 32.5 Å². The van der Waals surface area contributed by atoms with Gasteiger partial charge in [0.2, 0.25) is 0 Å². The Bertz CT molecular complexity index is 659. The van der Waals surface area contributed by atoms with Gasteiger partial charge in [0, 0.05) is 5.69 Å². The largest absolute Gasteiger partial charge is 0.573 e. The van der Waals surface area contributed by atoms with Crippen LogP contribution in [0.4, 0.5) is 18.9 Å². The Morgan fingerprint density at radius 2 is 1.67 bits per heavy atom. The molecule has 5 nitrogen and oxygen atoms in total. The predicted octanol–water partition coefficient (Wildman–Crippen LogP) is 3.88. The predicted molar refractivity (Wildman–Crippen MR) is 79.9 cm³/mol. The van der Waals surface area contributed by atoms with Crippen molar-refractivity contribution in [3.05, 3.63) is 54.6 Å². The Balaban J connectivity index is 2.04. The first-order valence-electron chi connectivity index (χ1n) is 6.88. The molecule has 128 valence electrons. The number of anilines is 1. The van der Waals surface area contributed by atoms with Crippen LogP contribution < -0.4 is 14.8 Å². The molecule has 2 rings (SSSR count). The summed E-state index contributed by atoms with van der Waals surface area (Å²) in [4.78, 5) is 10.9. The van der Waals surface area contributed by atoms with E-state index in [0.717, 1.165) is 12.1 Å². The van der Waals surface area contributed by atoms with Gasteiger partial charge in [-0.1, -0.05) is 18.2 Å². The first kappa shape index (κ1) is 17.5. The van der Waals surface area contributed by atoms with Gasteiger partial charge in [-0.2, -0.15) is 0 Å². The third-order valence-corrected chi connectivity index (χ3v) is 2.80. The molecule has 1 unspecified atom stereocenters. The summed E-state index contributed by atoms with van der Waals surface area (Å²) in [7, 11) is 0. The maximum atomic E-state index is 12.1. The zero-order valence-corrected chi connectivity index (χ0v) is 12.3. The molecular formula is C16H14F3NO4. The molecular weight excluding hydrogens is 327 g/mol. The fraction of sp³-hybridized carbons (Fsp3) is 0.188. The third kappa shape index (κ3) is 6.07. The van der Waals surface area contributed by atoms with Gasteiger partial charge in [-0.05, 0) is 36.4 Å². The van der Waals surface area contributed by atoms with Gasteiger partial charge in [-0.3, -0.25) is 4.79 Å². The van der Waals surface area contributed by atoms with Gasteiger partial charge in [0.1, 0.15) is 17.9 Å². The van der Waals surface area contributed by atoms with Crippen molar-refractivity contribution >= 4 is 11.7 Å². The molecule has 0 fully saturated rings. The highest BCUT2D eigenvalue weighted by Crippen LogP contribution is 2.24. The number of hydrogen-bond acceptors (Lipinski definition) is 4. The van der Waals surface area contributed by atoms with Crippen LogP contribution in [-0.4, -0.2) is 23.7 Å².